The van der Waals surface area contributed by atoms with Crippen LogP contribution in [-0.2, 0) is 17.7 Å². The number of hydrogen-bond donors (Lipinski definition) is 1. The lowest BCUT2D eigenvalue weighted by atomic mass is 10.1. The molecule has 1 aliphatic carbocycles. The number of oxazole rings is 1. The topological polar surface area (TPSA) is 84.2 Å². The van der Waals surface area contributed by atoms with Gasteiger partial charge < -0.3 is 14.1 Å². The molecule has 0 aromatic carbocycles. The summed E-state index contributed by atoms with van der Waals surface area (Å²) in [5.41, 5.74) is 2.48. The lowest BCUT2D eigenvalue weighted by Gasteiger charge is -2.24. The van der Waals surface area contributed by atoms with Gasteiger partial charge in [0.2, 0.25) is 0 Å². The minimum Gasteiger partial charge on any atom is -0.445 e. The fourth-order valence-corrected chi connectivity index (χ4v) is 3.51. The number of aromatic amines is 1. The molecule has 2 aliphatic heterocycles. The molecule has 1 saturated carbocycles. The first kappa shape index (κ1) is 14.2. The van der Waals surface area contributed by atoms with Gasteiger partial charge in [0.1, 0.15) is 17.1 Å². The zero-order chi connectivity index (χ0) is 16.1. The number of carbonyl (C=O) groups is 1. The van der Waals surface area contributed by atoms with E-state index in [1.165, 1.54) is 12.8 Å². The normalized spacial score (nSPS) is 23.5. The summed E-state index contributed by atoms with van der Waals surface area (Å²) in [6, 6.07) is 1.90. The summed E-state index contributed by atoms with van der Waals surface area (Å²) in [5.74, 6) is 2.48. The first-order chi connectivity index (χ1) is 11.8. The number of nitrogens with zero attached hydrogens (tertiary/aromatic N) is 3. The molecule has 1 atom stereocenters. The molecule has 3 aliphatic rings. The van der Waals surface area contributed by atoms with Gasteiger partial charge in [-0.15, -0.1) is 0 Å². The SMILES string of the molecule is O=C(c1cc(C2CC2)[nH]n1)N1CCc2oc(C3CCOC3)nc2C1. The van der Waals surface area contributed by atoms with Gasteiger partial charge in [0.25, 0.3) is 5.91 Å². The lowest BCUT2D eigenvalue weighted by Crippen LogP contribution is -2.36. The predicted molar refractivity (Wildman–Crippen MR) is 83.7 cm³/mol. The van der Waals surface area contributed by atoms with Gasteiger partial charge in [-0.25, -0.2) is 4.98 Å². The standard InChI is InChI=1S/C17H20N4O3/c22-17(13-7-12(19-20-13)10-1-2-10)21-5-3-15-14(8-21)18-16(24-15)11-4-6-23-9-11/h7,10-11H,1-6,8-9H2,(H,19,20). The summed E-state index contributed by atoms with van der Waals surface area (Å²) in [5, 5.41) is 7.20. The Bertz CT molecular complexity index is 771. The van der Waals surface area contributed by atoms with Gasteiger partial charge in [-0.05, 0) is 25.3 Å². The smallest absolute Gasteiger partial charge is 0.274 e. The minimum atomic E-state index is -0.0300. The van der Waals surface area contributed by atoms with Gasteiger partial charge in [0.05, 0.1) is 19.1 Å². The number of hydrogen-bond acceptors (Lipinski definition) is 5. The number of nitrogens with one attached hydrogen (secondary N) is 1. The Morgan fingerprint density at radius 2 is 2.21 bits per heavy atom. The van der Waals surface area contributed by atoms with Crippen molar-refractivity contribution in [3.05, 3.63) is 34.8 Å². The van der Waals surface area contributed by atoms with E-state index in [0.29, 0.717) is 37.7 Å². The highest BCUT2D eigenvalue weighted by atomic mass is 16.5. The molecule has 2 fully saturated rings. The molecule has 2 aromatic rings. The van der Waals surface area contributed by atoms with Crippen LogP contribution in [0.25, 0.3) is 0 Å². The van der Waals surface area contributed by atoms with Crippen molar-refractivity contribution in [2.75, 3.05) is 19.8 Å². The summed E-state index contributed by atoms with van der Waals surface area (Å²) in [6.45, 7) is 2.59. The highest BCUT2D eigenvalue weighted by molar-refractivity contribution is 5.92. The molecule has 2 aromatic heterocycles. The number of aromatic nitrogens is 3. The molecule has 7 heteroatoms. The number of rotatable bonds is 3. The van der Waals surface area contributed by atoms with Crippen LogP contribution in [0.15, 0.2) is 10.5 Å². The van der Waals surface area contributed by atoms with Crippen LogP contribution >= 0.6 is 0 Å². The third-order valence-corrected chi connectivity index (χ3v) is 5.14. The fourth-order valence-electron chi connectivity index (χ4n) is 3.51. The largest absolute Gasteiger partial charge is 0.445 e. The Hall–Kier alpha value is -2.15. The van der Waals surface area contributed by atoms with Crippen LogP contribution in [0.4, 0.5) is 0 Å². The number of amides is 1. The number of fused-ring (bicyclic) bond motifs is 1. The van der Waals surface area contributed by atoms with Crippen molar-refractivity contribution in [3.63, 3.8) is 0 Å². The molecule has 0 bridgehead atoms. The molecule has 7 nitrogen and oxygen atoms in total. The zero-order valence-electron chi connectivity index (χ0n) is 13.5. The molecule has 1 N–H and O–H groups in total. The van der Waals surface area contributed by atoms with Crippen molar-refractivity contribution in [2.24, 2.45) is 0 Å². The van der Waals surface area contributed by atoms with Crippen LogP contribution < -0.4 is 0 Å². The maximum absolute atomic E-state index is 12.7. The quantitative estimate of drug-likeness (QED) is 0.931. The van der Waals surface area contributed by atoms with Gasteiger partial charge in [0.15, 0.2) is 5.89 Å². The van der Waals surface area contributed by atoms with Crippen LogP contribution in [0.3, 0.4) is 0 Å². The van der Waals surface area contributed by atoms with Crippen molar-refractivity contribution in [1.29, 1.82) is 0 Å². The molecule has 1 unspecified atom stereocenters. The van der Waals surface area contributed by atoms with Crippen molar-refractivity contribution in [3.8, 4) is 0 Å². The first-order valence-corrected chi connectivity index (χ1v) is 8.69. The van der Waals surface area contributed by atoms with Crippen molar-refractivity contribution >= 4 is 5.91 Å². The average molecular weight is 328 g/mol. The van der Waals surface area contributed by atoms with Gasteiger partial charge in [0, 0.05) is 31.2 Å². The van der Waals surface area contributed by atoms with E-state index in [9.17, 15) is 4.79 Å². The number of carbonyl (C=O) groups excluding carboxylic acids is 1. The lowest BCUT2D eigenvalue weighted by molar-refractivity contribution is 0.0722. The van der Waals surface area contributed by atoms with Crippen LogP contribution in [-0.4, -0.2) is 45.7 Å². The molecule has 4 heterocycles. The fraction of sp³-hybridized carbons (Fsp3) is 0.588. The van der Waals surface area contributed by atoms with E-state index in [4.69, 9.17) is 9.15 Å². The molecule has 1 amide bonds. The molecule has 1 saturated heterocycles. The van der Waals surface area contributed by atoms with E-state index in [-0.39, 0.29) is 11.8 Å². The summed E-state index contributed by atoms with van der Waals surface area (Å²) < 4.78 is 11.3. The number of ether oxygens (including phenoxy) is 1. The van der Waals surface area contributed by atoms with Crippen molar-refractivity contribution < 1.29 is 13.9 Å². The monoisotopic (exact) mass is 328 g/mol. The third kappa shape index (κ3) is 2.43. The zero-order valence-corrected chi connectivity index (χ0v) is 13.5. The van der Waals surface area contributed by atoms with Crippen molar-refractivity contribution in [2.45, 2.75) is 44.1 Å². The molecular weight excluding hydrogens is 308 g/mol. The summed E-state index contributed by atoms with van der Waals surface area (Å²) >= 11 is 0. The third-order valence-electron chi connectivity index (χ3n) is 5.14. The second kappa shape index (κ2) is 5.44. The molecular formula is C17H20N4O3. The second-order valence-electron chi connectivity index (χ2n) is 6.94. The Labute approximate surface area is 139 Å². The van der Waals surface area contributed by atoms with Gasteiger partial charge in [-0.3, -0.25) is 9.89 Å². The van der Waals surface area contributed by atoms with Crippen LogP contribution in [0.1, 0.15) is 64.6 Å². The van der Waals surface area contributed by atoms with Crippen LogP contribution in [0, 0.1) is 0 Å². The summed E-state index contributed by atoms with van der Waals surface area (Å²) in [7, 11) is 0. The van der Waals surface area contributed by atoms with E-state index in [1.54, 1.807) is 0 Å². The van der Waals surface area contributed by atoms with E-state index < -0.39 is 0 Å². The van der Waals surface area contributed by atoms with E-state index in [1.807, 2.05) is 11.0 Å². The molecule has 24 heavy (non-hydrogen) atoms. The molecule has 126 valence electrons. The molecule has 5 rings (SSSR count). The van der Waals surface area contributed by atoms with Gasteiger partial charge in [-0.2, -0.15) is 5.10 Å². The maximum atomic E-state index is 12.7. The Balaban J connectivity index is 1.32. The van der Waals surface area contributed by atoms with Crippen LogP contribution in [0.5, 0.6) is 0 Å². The average Bonchev–Trinajstić information content (AvgIpc) is 3.06. The van der Waals surface area contributed by atoms with Crippen LogP contribution in [0.2, 0.25) is 0 Å². The minimum absolute atomic E-state index is 0.0300. The van der Waals surface area contributed by atoms with Crippen molar-refractivity contribution in [1.82, 2.24) is 20.1 Å². The van der Waals surface area contributed by atoms with Gasteiger partial charge >= 0.3 is 0 Å². The van der Waals surface area contributed by atoms with E-state index >= 15 is 0 Å². The maximum Gasteiger partial charge on any atom is 0.274 e. The van der Waals surface area contributed by atoms with E-state index in [0.717, 1.165) is 36.1 Å². The summed E-state index contributed by atoms with van der Waals surface area (Å²) in [6.07, 6.45) is 4.05. The first-order valence-electron chi connectivity index (χ1n) is 8.69. The highest BCUT2D eigenvalue weighted by Gasteiger charge is 2.31. The molecule has 0 radical (unpaired) electrons. The highest BCUT2D eigenvalue weighted by Crippen LogP contribution is 2.39. The Morgan fingerprint density at radius 3 is 3.00 bits per heavy atom. The summed E-state index contributed by atoms with van der Waals surface area (Å²) in [4.78, 5) is 19.1. The Kier molecular flexibility index (Phi) is 3.22. The molecule has 0 spiro atoms. The van der Waals surface area contributed by atoms with Gasteiger partial charge in [-0.1, -0.05) is 0 Å². The van der Waals surface area contributed by atoms with E-state index in [2.05, 4.69) is 15.2 Å². The predicted octanol–water partition coefficient (Wildman–Crippen LogP) is 1.98. The second-order valence-corrected chi connectivity index (χ2v) is 6.94. The number of H-pyrrole nitrogens is 1. The Morgan fingerprint density at radius 1 is 1.29 bits per heavy atom.